The molecule has 0 aromatic heterocycles. The second kappa shape index (κ2) is 6.12. The van der Waals surface area contributed by atoms with Crippen LogP contribution in [0.15, 0.2) is 18.2 Å². The number of hydrogen-bond acceptors (Lipinski definition) is 2. The van der Waals surface area contributed by atoms with Gasteiger partial charge in [0, 0.05) is 12.1 Å². The predicted molar refractivity (Wildman–Crippen MR) is 68.4 cm³/mol. The van der Waals surface area contributed by atoms with E-state index in [4.69, 9.17) is 0 Å². The van der Waals surface area contributed by atoms with E-state index >= 15 is 0 Å². The maximum Gasteiger partial charge on any atom is 0.126 e. The molecular formula is C14H22FNO. The van der Waals surface area contributed by atoms with Gasteiger partial charge in [-0.25, -0.2) is 4.39 Å². The van der Waals surface area contributed by atoms with E-state index in [2.05, 4.69) is 19.2 Å². The lowest BCUT2D eigenvalue weighted by Gasteiger charge is -2.31. The Morgan fingerprint density at radius 1 is 1.29 bits per heavy atom. The lowest BCUT2D eigenvalue weighted by atomic mass is 9.93. The van der Waals surface area contributed by atoms with Crippen molar-refractivity contribution in [2.24, 2.45) is 0 Å². The van der Waals surface area contributed by atoms with Gasteiger partial charge in [-0.1, -0.05) is 26.0 Å². The average Bonchev–Trinajstić information content (AvgIpc) is 2.36. The van der Waals surface area contributed by atoms with Crippen molar-refractivity contribution in [2.45, 2.75) is 45.7 Å². The van der Waals surface area contributed by atoms with E-state index in [-0.39, 0.29) is 18.0 Å². The maximum atomic E-state index is 13.1. The number of nitrogens with one attached hydrogen (secondary N) is 1. The predicted octanol–water partition coefficient (Wildman–Crippen LogP) is 2.77. The zero-order valence-electron chi connectivity index (χ0n) is 10.9. The molecule has 17 heavy (non-hydrogen) atoms. The van der Waals surface area contributed by atoms with Gasteiger partial charge in [-0.3, -0.25) is 0 Å². The smallest absolute Gasteiger partial charge is 0.126 e. The standard InChI is InChI=1S/C14H22FNO/c1-4-14(5-2,10-17)16-9-12-6-7-13(15)11(3)8-12/h6-8,16-17H,4-5,9-10H2,1-3H3. The van der Waals surface area contributed by atoms with Crippen molar-refractivity contribution >= 4 is 0 Å². The molecule has 0 fully saturated rings. The highest BCUT2D eigenvalue weighted by atomic mass is 19.1. The van der Waals surface area contributed by atoms with Crippen LogP contribution < -0.4 is 5.32 Å². The zero-order chi connectivity index (χ0) is 12.9. The van der Waals surface area contributed by atoms with Crippen LogP contribution >= 0.6 is 0 Å². The van der Waals surface area contributed by atoms with Crippen molar-refractivity contribution in [3.63, 3.8) is 0 Å². The number of hydrogen-bond donors (Lipinski definition) is 2. The first-order chi connectivity index (χ1) is 8.06. The van der Waals surface area contributed by atoms with Crippen molar-refractivity contribution in [1.82, 2.24) is 5.32 Å². The Hall–Kier alpha value is -0.930. The summed E-state index contributed by atoms with van der Waals surface area (Å²) in [5.41, 5.74) is 1.48. The van der Waals surface area contributed by atoms with Gasteiger partial charge in [0.25, 0.3) is 0 Å². The Morgan fingerprint density at radius 3 is 2.41 bits per heavy atom. The van der Waals surface area contributed by atoms with Crippen LogP contribution in [0.4, 0.5) is 4.39 Å². The van der Waals surface area contributed by atoms with Crippen LogP contribution in [0.3, 0.4) is 0 Å². The Kier molecular flexibility index (Phi) is 5.09. The van der Waals surface area contributed by atoms with E-state index < -0.39 is 0 Å². The van der Waals surface area contributed by atoms with Crippen LogP contribution in [0, 0.1) is 12.7 Å². The quantitative estimate of drug-likeness (QED) is 0.800. The SMILES string of the molecule is CCC(CC)(CO)NCc1ccc(F)c(C)c1. The van der Waals surface area contributed by atoms with Gasteiger partial charge >= 0.3 is 0 Å². The lowest BCUT2D eigenvalue weighted by Crippen LogP contribution is -2.47. The molecule has 0 bridgehead atoms. The highest BCUT2D eigenvalue weighted by Crippen LogP contribution is 2.16. The Balaban J connectivity index is 2.68. The molecule has 0 saturated carbocycles. The van der Waals surface area contributed by atoms with Gasteiger partial charge in [-0.15, -0.1) is 0 Å². The molecule has 2 nitrogen and oxygen atoms in total. The maximum absolute atomic E-state index is 13.1. The minimum atomic E-state index is -0.220. The molecule has 0 aliphatic rings. The van der Waals surface area contributed by atoms with E-state index in [0.29, 0.717) is 12.1 Å². The lowest BCUT2D eigenvalue weighted by molar-refractivity contribution is 0.149. The summed E-state index contributed by atoms with van der Waals surface area (Å²) in [6.45, 7) is 6.66. The number of aryl methyl sites for hydroxylation is 1. The molecule has 3 heteroatoms. The van der Waals surface area contributed by atoms with Gasteiger partial charge < -0.3 is 10.4 Å². The van der Waals surface area contributed by atoms with Crippen molar-refractivity contribution < 1.29 is 9.50 Å². The molecule has 0 heterocycles. The molecular weight excluding hydrogens is 217 g/mol. The molecule has 0 spiro atoms. The van der Waals surface area contributed by atoms with E-state index in [0.717, 1.165) is 18.4 Å². The van der Waals surface area contributed by atoms with Crippen molar-refractivity contribution in [3.05, 3.63) is 35.1 Å². The van der Waals surface area contributed by atoms with Gasteiger partial charge in [-0.2, -0.15) is 0 Å². The Morgan fingerprint density at radius 2 is 1.94 bits per heavy atom. The third kappa shape index (κ3) is 3.51. The number of halogens is 1. The van der Waals surface area contributed by atoms with Gasteiger partial charge in [0.15, 0.2) is 0 Å². The first-order valence-electron chi connectivity index (χ1n) is 6.18. The molecule has 0 unspecified atom stereocenters. The molecule has 96 valence electrons. The first-order valence-corrected chi connectivity index (χ1v) is 6.18. The average molecular weight is 239 g/mol. The molecule has 0 radical (unpaired) electrons. The number of aliphatic hydroxyl groups is 1. The van der Waals surface area contributed by atoms with Gasteiger partial charge in [-0.05, 0) is 37.0 Å². The summed E-state index contributed by atoms with van der Waals surface area (Å²) in [7, 11) is 0. The number of benzene rings is 1. The molecule has 1 aromatic rings. The molecule has 0 saturated heterocycles. The molecule has 0 aliphatic carbocycles. The second-order valence-corrected chi connectivity index (χ2v) is 4.58. The zero-order valence-corrected chi connectivity index (χ0v) is 10.9. The summed E-state index contributed by atoms with van der Waals surface area (Å²) in [6.07, 6.45) is 1.75. The minimum absolute atomic E-state index is 0.125. The van der Waals surface area contributed by atoms with Crippen molar-refractivity contribution in [1.29, 1.82) is 0 Å². The summed E-state index contributed by atoms with van der Waals surface area (Å²) in [4.78, 5) is 0. The molecule has 1 rings (SSSR count). The topological polar surface area (TPSA) is 32.3 Å². The van der Waals surface area contributed by atoms with E-state index in [1.165, 1.54) is 6.07 Å². The normalized spacial score (nSPS) is 11.8. The summed E-state index contributed by atoms with van der Waals surface area (Å²) < 4.78 is 13.1. The number of aliphatic hydroxyl groups excluding tert-OH is 1. The third-order valence-corrected chi connectivity index (χ3v) is 3.55. The fourth-order valence-electron chi connectivity index (χ4n) is 1.89. The van der Waals surface area contributed by atoms with Crippen LogP contribution in [0.2, 0.25) is 0 Å². The van der Waals surface area contributed by atoms with Gasteiger partial charge in [0.2, 0.25) is 0 Å². The van der Waals surface area contributed by atoms with Gasteiger partial charge in [0.05, 0.1) is 6.61 Å². The number of rotatable bonds is 6. The summed E-state index contributed by atoms with van der Waals surface area (Å²) in [5, 5.41) is 12.8. The van der Waals surface area contributed by atoms with Crippen molar-refractivity contribution in [2.75, 3.05) is 6.61 Å². The summed E-state index contributed by atoms with van der Waals surface area (Å²) in [5.74, 6) is -0.173. The molecule has 1 aromatic carbocycles. The van der Waals surface area contributed by atoms with Crippen LogP contribution in [-0.4, -0.2) is 17.3 Å². The molecule has 0 aliphatic heterocycles. The van der Waals surface area contributed by atoms with Crippen LogP contribution in [0.25, 0.3) is 0 Å². The fraction of sp³-hybridized carbons (Fsp3) is 0.571. The second-order valence-electron chi connectivity index (χ2n) is 4.58. The monoisotopic (exact) mass is 239 g/mol. The fourth-order valence-corrected chi connectivity index (χ4v) is 1.89. The highest BCUT2D eigenvalue weighted by Gasteiger charge is 2.23. The Bertz CT molecular complexity index is 353. The largest absolute Gasteiger partial charge is 0.394 e. The molecule has 0 atom stereocenters. The Labute approximate surface area is 103 Å². The first kappa shape index (κ1) is 14.1. The minimum Gasteiger partial charge on any atom is -0.394 e. The van der Waals surface area contributed by atoms with E-state index in [1.54, 1.807) is 13.0 Å². The van der Waals surface area contributed by atoms with Crippen LogP contribution in [-0.2, 0) is 6.54 Å². The van der Waals surface area contributed by atoms with Gasteiger partial charge in [0.1, 0.15) is 5.82 Å². The molecule has 2 N–H and O–H groups in total. The van der Waals surface area contributed by atoms with Crippen LogP contribution in [0.5, 0.6) is 0 Å². The summed E-state index contributed by atoms with van der Waals surface area (Å²) >= 11 is 0. The summed E-state index contributed by atoms with van der Waals surface area (Å²) in [6, 6.07) is 5.11. The van der Waals surface area contributed by atoms with Crippen molar-refractivity contribution in [3.8, 4) is 0 Å². The van der Waals surface area contributed by atoms with E-state index in [1.807, 2.05) is 6.07 Å². The molecule has 0 amide bonds. The third-order valence-electron chi connectivity index (χ3n) is 3.55. The highest BCUT2D eigenvalue weighted by molar-refractivity contribution is 5.23. The van der Waals surface area contributed by atoms with E-state index in [9.17, 15) is 9.50 Å². The van der Waals surface area contributed by atoms with Crippen LogP contribution in [0.1, 0.15) is 37.8 Å².